The predicted molar refractivity (Wildman–Crippen MR) is 85.8 cm³/mol. The van der Waals surface area contributed by atoms with Crippen LogP contribution in [0, 0.1) is 12.8 Å². The first-order valence-corrected chi connectivity index (χ1v) is 8.00. The molecule has 0 radical (unpaired) electrons. The van der Waals surface area contributed by atoms with E-state index in [2.05, 4.69) is 0 Å². The van der Waals surface area contributed by atoms with Crippen LogP contribution in [0.4, 0.5) is 5.00 Å². The van der Waals surface area contributed by atoms with Crippen molar-refractivity contribution in [2.75, 3.05) is 25.4 Å². The van der Waals surface area contributed by atoms with E-state index in [0.29, 0.717) is 40.7 Å². The van der Waals surface area contributed by atoms with Gasteiger partial charge in [-0.05, 0) is 32.3 Å². The van der Waals surface area contributed by atoms with Gasteiger partial charge in [0, 0.05) is 13.1 Å². The van der Waals surface area contributed by atoms with Crippen LogP contribution >= 0.6 is 11.3 Å². The number of ether oxygens (including phenoxy) is 1. The summed E-state index contributed by atoms with van der Waals surface area (Å²) in [5.74, 6) is -0.269. The molecule has 118 valence electrons. The van der Waals surface area contributed by atoms with Crippen LogP contribution in [-0.4, -0.2) is 36.5 Å². The predicted octanol–water partition coefficient (Wildman–Crippen LogP) is 2.93. The molecule has 0 aliphatic carbocycles. The highest BCUT2D eigenvalue weighted by molar-refractivity contribution is 7.18. The number of carbonyl (C=O) groups is 2. The molecule has 0 saturated carbocycles. The zero-order valence-corrected chi connectivity index (χ0v) is 14.2. The highest BCUT2D eigenvalue weighted by Crippen LogP contribution is 2.32. The Balaban J connectivity index is 3.05. The van der Waals surface area contributed by atoms with Crippen LogP contribution in [0.3, 0.4) is 0 Å². The van der Waals surface area contributed by atoms with E-state index in [1.54, 1.807) is 11.8 Å². The van der Waals surface area contributed by atoms with Gasteiger partial charge >= 0.3 is 5.97 Å². The Bertz CT molecular complexity index is 519. The van der Waals surface area contributed by atoms with E-state index in [-0.39, 0.29) is 11.8 Å². The first kappa shape index (κ1) is 17.5. The number of thiophene rings is 1. The number of esters is 1. The Morgan fingerprint density at radius 1 is 1.29 bits per heavy atom. The van der Waals surface area contributed by atoms with Crippen molar-refractivity contribution < 1.29 is 14.3 Å². The van der Waals surface area contributed by atoms with Gasteiger partial charge in [-0.2, -0.15) is 0 Å². The minimum atomic E-state index is -0.406. The average Bonchev–Trinajstić information content (AvgIpc) is 2.72. The van der Waals surface area contributed by atoms with Gasteiger partial charge in [0.2, 0.25) is 0 Å². The minimum Gasteiger partial charge on any atom is -0.461 e. The lowest BCUT2D eigenvalue weighted by Crippen LogP contribution is -2.31. The maximum absolute atomic E-state index is 12.5. The van der Waals surface area contributed by atoms with E-state index >= 15 is 0 Å². The molecule has 1 rings (SSSR count). The summed E-state index contributed by atoms with van der Waals surface area (Å²) in [6.07, 6.45) is 0. The average molecular weight is 312 g/mol. The van der Waals surface area contributed by atoms with Gasteiger partial charge in [0.05, 0.1) is 17.2 Å². The Kier molecular flexibility index (Phi) is 6.20. The summed E-state index contributed by atoms with van der Waals surface area (Å²) in [5.41, 5.74) is 6.99. The van der Waals surface area contributed by atoms with E-state index < -0.39 is 5.97 Å². The molecule has 1 aromatic rings. The van der Waals surface area contributed by atoms with Gasteiger partial charge in [0.25, 0.3) is 5.91 Å². The van der Waals surface area contributed by atoms with Gasteiger partial charge < -0.3 is 15.4 Å². The molecule has 1 amide bonds. The quantitative estimate of drug-likeness (QED) is 0.820. The first-order valence-electron chi connectivity index (χ1n) is 7.18. The zero-order valence-electron chi connectivity index (χ0n) is 13.4. The van der Waals surface area contributed by atoms with Crippen LogP contribution in [-0.2, 0) is 4.74 Å². The summed E-state index contributed by atoms with van der Waals surface area (Å²) in [6.45, 7) is 11.1. The van der Waals surface area contributed by atoms with Crippen LogP contribution < -0.4 is 5.73 Å². The van der Waals surface area contributed by atoms with Crippen LogP contribution in [0.25, 0.3) is 0 Å². The summed E-state index contributed by atoms with van der Waals surface area (Å²) in [6, 6.07) is 0. The SMILES string of the molecule is CCN(CC)C(=O)c1c(N)sc(C(=O)OCC(C)C)c1C. The van der Waals surface area contributed by atoms with Crippen molar-refractivity contribution >= 4 is 28.2 Å². The van der Waals surface area contributed by atoms with Crippen LogP contribution in [0.5, 0.6) is 0 Å². The van der Waals surface area contributed by atoms with E-state index in [4.69, 9.17) is 10.5 Å². The lowest BCUT2D eigenvalue weighted by atomic mass is 10.1. The van der Waals surface area contributed by atoms with E-state index in [9.17, 15) is 9.59 Å². The summed E-state index contributed by atoms with van der Waals surface area (Å²) >= 11 is 1.12. The second-order valence-electron chi connectivity index (χ2n) is 5.27. The lowest BCUT2D eigenvalue weighted by Gasteiger charge is -2.18. The molecule has 0 aliphatic rings. The molecule has 0 aliphatic heterocycles. The topological polar surface area (TPSA) is 72.6 Å². The molecule has 21 heavy (non-hydrogen) atoms. The van der Waals surface area contributed by atoms with E-state index in [1.165, 1.54) is 0 Å². The Morgan fingerprint density at radius 3 is 2.33 bits per heavy atom. The zero-order chi connectivity index (χ0) is 16.2. The molecular weight excluding hydrogens is 288 g/mol. The van der Waals surface area contributed by atoms with Crippen LogP contribution in [0.15, 0.2) is 0 Å². The normalized spacial score (nSPS) is 10.8. The number of carbonyl (C=O) groups excluding carboxylic acids is 2. The fraction of sp³-hybridized carbons (Fsp3) is 0.600. The first-order chi connectivity index (χ1) is 9.83. The number of rotatable bonds is 6. The summed E-state index contributed by atoms with van der Waals surface area (Å²) in [4.78, 5) is 26.6. The molecular formula is C15H24N2O3S. The second-order valence-corrected chi connectivity index (χ2v) is 6.32. The van der Waals surface area contributed by atoms with Crippen molar-refractivity contribution in [1.82, 2.24) is 4.90 Å². The standard InChI is InChI=1S/C15H24N2O3S/c1-6-17(7-2)14(18)11-10(5)12(21-13(11)16)15(19)20-8-9(3)4/h9H,6-8,16H2,1-5H3. The highest BCUT2D eigenvalue weighted by Gasteiger charge is 2.26. The van der Waals surface area contributed by atoms with E-state index in [1.807, 2.05) is 27.7 Å². The van der Waals surface area contributed by atoms with Crippen molar-refractivity contribution in [3.05, 3.63) is 16.0 Å². The molecule has 0 bridgehead atoms. The summed E-state index contributed by atoms with van der Waals surface area (Å²) in [7, 11) is 0. The number of nitrogens with zero attached hydrogens (tertiary/aromatic N) is 1. The third-order valence-electron chi connectivity index (χ3n) is 3.17. The molecule has 1 aromatic heterocycles. The van der Waals surface area contributed by atoms with Crippen molar-refractivity contribution in [2.45, 2.75) is 34.6 Å². The molecule has 0 atom stereocenters. The molecule has 0 unspecified atom stereocenters. The summed E-state index contributed by atoms with van der Waals surface area (Å²) < 4.78 is 5.22. The van der Waals surface area contributed by atoms with E-state index in [0.717, 1.165) is 11.3 Å². The second kappa shape index (κ2) is 7.45. The van der Waals surface area contributed by atoms with Crippen molar-refractivity contribution in [3.8, 4) is 0 Å². The number of hydrogen-bond donors (Lipinski definition) is 1. The molecule has 1 heterocycles. The van der Waals surface area contributed by atoms with Crippen molar-refractivity contribution in [2.24, 2.45) is 5.92 Å². The maximum Gasteiger partial charge on any atom is 0.348 e. The Hall–Kier alpha value is -1.56. The molecule has 0 fully saturated rings. The monoisotopic (exact) mass is 312 g/mol. The maximum atomic E-state index is 12.5. The fourth-order valence-electron chi connectivity index (χ4n) is 1.97. The third kappa shape index (κ3) is 3.97. The Morgan fingerprint density at radius 2 is 1.86 bits per heavy atom. The molecule has 6 heteroatoms. The minimum absolute atomic E-state index is 0.130. The number of nitrogen functional groups attached to an aromatic ring is 1. The Labute approximate surface area is 130 Å². The molecule has 2 N–H and O–H groups in total. The van der Waals surface area contributed by atoms with Gasteiger partial charge in [-0.3, -0.25) is 4.79 Å². The van der Waals surface area contributed by atoms with Gasteiger partial charge in [-0.15, -0.1) is 11.3 Å². The number of nitrogens with two attached hydrogens (primary N) is 1. The fourth-order valence-corrected chi connectivity index (χ4v) is 2.93. The third-order valence-corrected chi connectivity index (χ3v) is 4.27. The van der Waals surface area contributed by atoms with Gasteiger partial charge in [0.15, 0.2) is 0 Å². The highest BCUT2D eigenvalue weighted by atomic mass is 32.1. The lowest BCUT2D eigenvalue weighted by molar-refractivity contribution is 0.0464. The van der Waals surface area contributed by atoms with Crippen molar-refractivity contribution in [3.63, 3.8) is 0 Å². The largest absolute Gasteiger partial charge is 0.461 e. The molecule has 0 saturated heterocycles. The summed E-state index contributed by atoms with van der Waals surface area (Å²) in [5, 5.41) is 0.376. The molecule has 0 aromatic carbocycles. The van der Waals surface area contributed by atoms with Gasteiger partial charge in [-0.25, -0.2) is 4.79 Å². The molecule has 5 nitrogen and oxygen atoms in total. The van der Waals surface area contributed by atoms with Crippen LogP contribution in [0.2, 0.25) is 0 Å². The molecule has 0 spiro atoms. The smallest absolute Gasteiger partial charge is 0.348 e. The van der Waals surface area contributed by atoms with Gasteiger partial charge in [0.1, 0.15) is 4.88 Å². The number of amides is 1. The van der Waals surface area contributed by atoms with Gasteiger partial charge in [-0.1, -0.05) is 13.8 Å². The van der Waals surface area contributed by atoms with Crippen LogP contribution in [0.1, 0.15) is 53.3 Å². The van der Waals surface area contributed by atoms with Crippen molar-refractivity contribution in [1.29, 1.82) is 0 Å². The number of hydrogen-bond acceptors (Lipinski definition) is 5. The number of anilines is 1.